The van der Waals surface area contributed by atoms with Gasteiger partial charge in [0.05, 0.1) is 11.7 Å². The number of thiophene rings is 1. The van der Waals surface area contributed by atoms with Gasteiger partial charge in [0.2, 0.25) is 0 Å². The lowest BCUT2D eigenvalue weighted by atomic mass is 10.2. The van der Waals surface area contributed by atoms with Gasteiger partial charge >= 0.3 is 0 Å². The van der Waals surface area contributed by atoms with Crippen LogP contribution in [0.3, 0.4) is 0 Å². The third-order valence-electron chi connectivity index (χ3n) is 2.15. The van der Waals surface area contributed by atoms with Gasteiger partial charge in [-0.1, -0.05) is 11.6 Å². The fraction of sp³-hybridized carbons (Fsp3) is 0.600. The van der Waals surface area contributed by atoms with Crippen LogP contribution in [-0.2, 0) is 4.74 Å². The van der Waals surface area contributed by atoms with E-state index >= 15 is 0 Å². The highest BCUT2D eigenvalue weighted by Gasteiger charge is 2.15. The summed E-state index contributed by atoms with van der Waals surface area (Å²) in [6, 6.07) is 0.105. The lowest BCUT2D eigenvalue weighted by Crippen LogP contribution is -2.28. The third-order valence-corrected chi connectivity index (χ3v) is 3.73. The molecule has 0 fully saturated rings. The molecule has 0 saturated carbocycles. The van der Waals surface area contributed by atoms with E-state index in [0.717, 1.165) is 0 Å². The molecule has 0 aromatic carbocycles. The highest BCUT2D eigenvalue weighted by molar-refractivity contribution is 7.10. The Labute approximate surface area is 94.2 Å². The predicted molar refractivity (Wildman–Crippen MR) is 63.5 cm³/mol. The molecule has 1 heterocycles. The highest BCUT2D eigenvalue weighted by Crippen LogP contribution is 2.27. The van der Waals surface area contributed by atoms with Gasteiger partial charge in [-0.05, 0) is 31.7 Å². The maximum absolute atomic E-state index is 5.96. The average Bonchev–Trinajstić information content (AvgIpc) is 2.48. The first-order valence-electron chi connectivity index (χ1n) is 4.54. The van der Waals surface area contributed by atoms with Gasteiger partial charge < -0.3 is 10.1 Å². The highest BCUT2D eigenvalue weighted by atomic mass is 35.5. The second-order valence-electron chi connectivity index (χ2n) is 3.37. The SMILES string of the molecule is COC(Cl)C(C)Nc1c(C)csc1C. The summed E-state index contributed by atoms with van der Waals surface area (Å²) in [7, 11) is 1.61. The Morgan fingerprint density at radius 1 is 1.50 bits per heavy atom. The number of nitrogens with one attached hydrogen (secondary N) is 1. The van der Waals surface area contributed by atoms with Crippen molar-refractivity contribution in [3.63, 3.8) is 0 Å². The third kappa shape index (κ3) is 2.62. The van der Waals surface area contributed by atoms with Crippen molar-refractivity contribution in [1.82, 2.24) is 0 Å². The molecule has 1 aromatic rings. The Hall–Kier alpha value is -0.250. The number of halogens is 1. The number of methoxy groups -OCH3 is 1. The van der Waals surface area contributed by atoms with E-state index in [1.165, 1.54) is 16.1 Å². The van der Waals surface area contributed by atoms with Crippen molar-refractivity contribution >= 4 is 28.6 Å². The molecular weight excluding hydrogens is 218 g/mol. The van der Waals surface area contributed by atoms with E-state index in [9.17, 15) is 0 Å². The van der Waals surface area contributed by atoms with E-state index < -0.39 is 0 Å². The number of hydrogen-bond acceptors (Lipinski definition) is 3. The maximum atomic E-state index is 5.96. The Bertz CT molecular complexity index is 281. The fourth-order valence-electron chi connectivity index (χ4n) is 1.29. The molecule has 0 bridgehead atoms. The summed E-state index contributed by atoms with van der Waals surface area (Å²) >= 11 is 7.70. The summed E-state index contributed by atoms with van der Waals surface area (Å²) < 4.78 is 5.05. The van der Waals surface area contributed by atoms with E-state index in [4.69, 9.17) is 16.3 Å². The molecule has 2 atom stereocenters. The van der Waals surface area contributed by atoms with Crippen LogP contribution in [-0.4, -0.2) is 18.7 Å². The van der Waals surface area contributed by atoms with Crippen LogP contribution in [0.15, 0.2) is 5.38 Å². The molecule has 14 heavy (non-hydrogen) atoms. The molecule has 0 spiro atoms. The number of ether oxygens (including phenoxy) is 1. The largest absolute Gasteiger partial charge is 0.378 e. The minimum absolute atomic E-state index is 0.105. The number of anilines is 1. The van der Waals surface area contributed by atoms with Gasteiger partial charge in [0.25, 0.3) is 0 Å². The smallest absolute Gasteiger partial charge is 0.150 e. The molecule has 0 radical (unpaired) electrons. The number of rotatable bonds is 4. The summed E-state index contributed by atoms with van der Waals surface area (Å²) in [5, 5.41) is 5.50. The van der Waals surface area contributed by atoms with Crippen LogP contribution >= 0.6 is 22.9 Å². The molecule has 0 aliphatic rings. The Morgan fingerprint density at radius 3 is 2.57 bits per heavy atom. The van der Waals surface area contributed by atoms with Crippen LogP contribution in [0.4, 0.5) is 5.69 Å². The zero-order chi connectivity index (χ0) is 10.7. The zero-order valence-electron chi connectivity index (χ0n) is 8.93. The van der Waals surface area contributed by atoms with E-state index in [1.807, 2.05) is 6.92 Å². The van der Waals surface area contributed by atoms with Crippen molar-refractivity contribution in [3.05, 3.63) is 15.8 Å². The molecular formula is C10H16ClNOS. The fourth-order valence-corrected chi connectivity index (χ4v) is 2.16. The second-order valence-corrected chi connectivity index (χ2v) is 4.88. The van der Waals surface area contributed by atoms with Crippen LogP contribution in [0.5, 0.6) is 0 Å². The number of aryl methyl sites for hydroxylation is 2. The molecule has 1 N–H and O–H groups in total. The summed E-state index contributed by atoms with van der Waals surface area (Å²) in [6.45, 7) is 6.20. The first-order chi connectivity index (χ1) is 6.56. The van der Waals surface area contributed by atoms with E-state index in [0.29, 0.717) is 0 Å². The summed E-state index contributed by atoms with van der Waals surface area (Å²) in [4.78, 5) is 1.29. The lowest BCUT2D eigenvalue weighted by Gasteiger charge is -2.19. The average molecular weight is 234 g/mol. The van der Waals surface area contributed by atoms with Crippen molar-refractivity contribution in [3.8, 4) is 0 Å². The van der Waals surface area contributed by atoms with E-state index in [1.54, 1.807) is 18.4 Å². The van der Waals surface area contributed by atoms with E-state index in [2.05, 4.69) is 24.5 Å². The normalized spacial score (nSPS) is 15.2. The van der Waals surface area contributed by atoms with Gasteiger partial charge in [-0.25, -0.2) is 0 Å². The van der Waals surface area contributed by atoms with Crippen LogP contribution in [0.2, 0.25) is 0 Å². The van der Waals surface area contributed by atoms with Crippen LogP contribution in [0.25, 0.3) is 0 Å². The quantitative estimate of drug-likeness (QED) is 0.806. The van der Waals surface area contributed by atoms with Crippen molar-refractivity contribution < 1.29 is 4.74 Å². The molecule has 2 unspecified atom stereocenters. The van der Waals surface area contributed by atoms with Gasteiger partial charge in [0, 0.05) is 12.0 Å². The van der Waals surface area contributed by atoms with E-state index in [-0.39, 0.29) is 11.6 Å². The van der Waals surface area contributed by atoms with Crippen molar-refractivity contribution in [2.75, 3.05) is 12.4 Å². The molecule has 2 nitrogen and oxygen atoms in total. The molecule has 0 amide bonds. The van der Waals surface area contributed by atoms with Crippen LogP contribution in [0.1, 0.15) is 17.4 Å². The maximum Gasteiger partial charge on any atom is 0.150 e. The van der Waals surface area contributed by atoms with Crippen molar-refractivity contribution in [1.29, 1.82) is 0 Å². The predicted octanol–water partition coefficient (Wildman–Crippen LogP) is 3.38. The molecule has 4 heteroatoms. The van der Waals surface area contributed by atoms with Gasteiger partial charge in [-0.15, -0.1) is 11.3 Å². The van der Waals surface area contributed by atoms with Crippen molar-refractivity contribution in [2.24, 2.45) is 0 Å². The molecule has 1 rings (SSSR count). The summed E-state index contributed by atoms with van der Waals surface area (Å²) in [6.07, 6.45) is 0. The monoisotopic (exact) mass is 233 g/mol. The Balaban J connectivity index is 2.68. The molecule has 0 aliphatic carbocycles. The van der Waals surface area contributed by atoms with Crippen LogP contribution < -0.4 is 5.32 Å². The summed E-state index contributed by atoms with van der Waals surface area (Å²) in [5.74, 6) is 0. The lowest BCUT2D eigenvalue weighted by molar-refractivity contribution is 0.155. The Kier molecular flexibility index (Phi) is 4.23. The number of hydrogen-bond donors (Lipinski definition) is 1. The Morgan fingerprint density at radius 2 is 2.14 bits per heavy atom. The van der Waals surface area contributed by atoms with Gasteiger partial charge in [-0.2, -0.15) is 0 Å². The standard InChI is InChI=1S/C10H16ClNOS/c1-6-5-14-8(3)9(6)12-7(2)10(11)13-4/h5,7,10,12H,1-4H3. The minimum Gasteiger partial charge on any atom is -0.378 e. The second kappa shape index (κ2) is 5.01. The summed E-state index contributed by atoms with van der Waals surface area (Å²) in [5.41, 5.74) is 2.15. The minimum atomic E-state index is -0.298. The molecule has 1 aromatic heterocycles. The molecule has 0 aliphatic heterocycles. The van der Waals surface area contributed by atoms with Crippen molar-refractivity contribution in [2.45, 2.75) is 32.4 Å². The van der Waals surface area contributed by atoms with Gasteiger partial charge in [0.1, 0.15) is 5.56 Å². The molecule has 0 saturated heterocycles. The first kappa shape index (κ1) is 11.8. The first-order valence-corrected chi connectivity index (χ1v) is 5.86. The number of alkyl halides is 1. The molecule has 80 valence electrons. The topological polar surface area (TPSA) is 21.3 Å². The van der Waals surface area contributed by atoms with Gasteiger partial charge in [0.15, 0.2) is 0 Å². The van der Waals surface area contributed by atoms with Crippen LogP contribution in [0, 0.1) is 13.8 Å². The zero-order valence-corrected chi connectivity index (χ0v) is 10.5. The van der Waals surface area contributed by atoms with Gasteiger partial charge in [-0.3, -0.25) is 0 Å².